The summed E-state index contributed by atoms with van der Waals surface area (Å²) in [5.41, 5.74) is 6.54. The standard InChI is InChI=1S/C9H8ClN3S2/c10-6-1-3-7(4-2-6)14-5-8-9(11)15-13-12-8/h1-4H,5,11H2. The van der Waals surface area contributed by atoms with Crippen LogP contribution in [0.5, 0.6) is 0 Å². The fourth-order valence-corrected chi connectivity index (χ4v) is 2.51. The molecule has 0 fully saturated rings. The Morgan fingerprint density at radius 2 is 2.07 bits per heavy atom. The summed E-state index contributed by atoms with van der Waals surface area (Å²) in [6.07, 6.45) is 0. The number of halogens is 1. The molecule has 1 aromatic carbocycles. The zero-order valence-electron chi connectivity index (χ0n) is 7.68. The number of nitrogens with zero attached hydrogens (tertiary/aromatic N) is 2. The molecule has 0 saturated carbocycles. The first kappa shape index (κ1) is 10.7. The number of nitrogens with two attached hydrogens (primary N) is 1. The van der Waals surface area contributed by atoms with Crippen molar-refractivity contribution in [3.8, 4) is 0 Å². The molecule has 0 atom stereocenters. The third-order valence-electron chi connectivity index (χ3n) is 1.77. The highest BCUT2D eigenvalue weighted by atomic mass is 35.5. The third-order valence-corrected chi connectivity index (χ3v) is 3.65. The zero-order chi connectivity index (χ0) is 10.7. The van der Waals surface area contributed by atoms with Gasteiger partial charge in [-0.25, -0.2) is 0 Å². The summed E-state index contributed by atoms with van der Waals surface area (Å²) in [7, 11) is 0. The van der Waals surface area contributed by atoms with Gasteiger partial charge in [0.05, 0.1) is 0 Å². The minimum Gasteiger partial charge on any atom is -0.388 e. The van der Waals surface area contributed by atoms with Crippen molar-refractivity contribution in [1.82, 2.24) is 9.59 Å². The highest BCUT2D eigenvalue weighted by molar-refractivity contribution is 7.98. The van der Waals surface area contributed by atoms with Crippen LogP contribution in [0.2, 0.25) is 5.02 Å². The van der Waals surface area contributed by atoms with Crippen molar-refractivity contribution in [3.63, 3.8) is 0 Å². The molecule has 3 nitrogen and oxygen atoms in total. The SMILES string of the molecule is Nc1snnc1CSc1ccc(Cl)cc1. The highest BCUT2D eigenvalue weighted by Crippen LogP contribution is 2.26. The summed E-state index contributed by atoms with van der Waals surface area (Å²) in [5, 5.41) is 5.38. The fraction of sp³-hybridized carbons (Fsp3) is 0.111. The summed E-state index contributed by atoms with van der Waals surface area (Å²) in [5.74, 6) is 0.740. The van der Waals surface area contributed by atoms with Gasteiger partial charge in [0.1, 0.15) is 10.7 Å². The van der Waals surface area contributed by atoms with Gasteiger partial charge in [0.25, 0.3) is 0 Å². The molecule has 0 amide bonds. The third kappa shape index (κ3) is 2.84. The van der Waals surface area contributed by atoms with Crippen LogP contribution < -0.4 is 5.73 Å². The van der Waals surface area contributed by atoms with Gasteiger partial charge in [-0.1, -0.05) is 16.1 Å². The molecule has 1 aromatic heterocycles. The van der Waals surface area contributed by atoms with Crippen LogP contribution in [-0.4, -0.2) is 9.59 Å². The number of hydrogen-bond acceptors (Lipinski definition) is 5. The molecule has 0 saturated heterocycles. The van der Waals surface area contributed by atoms with Crippen molar-refractivity contribution in [3.05, 3.63) is 35.0 Å². The highest BCUT2D eigenvalue weighted by Gasteiger charge is 2.04. The molecule has 6 heteroatoms. The smallest absolute Gasteiger partial charge is 0.131 e. The Hall–Kier alpha value is -0.780. The van der Waals surface area contributed by atoms with Crippen LogP contribution in [-0.2, 0) is 5.75 Å². The van der Waals surface area contributed by atoms with E-state index in [0.29, 0.717) is 5.00 Å². The maximum absolute atomic E-state index is 5.79. The molecule has 1 heterocycles. The van der Waals surface area contributed by atoms with E-state index in [2.05, 4.69) is 9.59 Å². The predicted octanol–water partition coefficient (Wildman–Crippen LogP) is 3.07. The molecule has 2 rings (SSSR count). The summed E-state index contributed by atoms with van der Waals surface area (Å²) in [4.78, 5) is 1.15. The number of aromatic nitrogens is 2. The molecule has 2 aromatic rings. The monoisotopic (exact) mass is 257 g/mol. The van der Waals surface area contributed by atoms with Gasteiger partial charge in [0.15, 0.2) is 0 Å². The lowest BCUT2D eigenvalue weighted by Crippen LogP contribution is -1.88. The van der Waals surface area contributed by atoms with Gasteiger partial charge in [0, 0.05) is 27.2 Å². The zero-order valence-corrected chi connectivity index (χ0v) is 10.1. The second-order valence-electron chi connectivity index (χ2n) is 2.83. The Labute approximate surface area is 101 Å². The summed E-state index contributed by atoms with van der Waals surface area (Å²) >= 11 is 8.68. The molecule has 0 spiro atoms. The van der Waals surface area contributed by atoms with Crippen LogP contribution in [0.4, 0.5) is 5.00 Å². The van der Waals surface area contributed by atoms with Crippen LogP contribution in [0.25, 0.3) is 0 Å². The molecule has 0 radical (unpaired) electrons. The predicted molar refractivity (Wildman–Crippen MR) is 65.3 cm³/mol. The van der Waals surface area contributed by atoms with Gasteiger partial charge in [-0.05, 0) is 24.3 Å². The topological polar surface area (TPSA) is 51.8 Å². The number of thioether (sulfide) groups is 1. The minimum atomic E-state index is 0.691. The molecule has 0 bridgehead atoms. The van der Waals surface area contributed by atoms with E-state index in [1.807, 2.05) is 24.3 Å². The first-order valence-electron chi connectivity index (χ1n) is 4.21. The van der Waals surface area contributed by atoms with Crippen LogP contribution in [0.1, 0.15) is 5.69 Å². The Bertz CT molecular complexity index is 441. The Morgan fingerprint density at radius 3 is 2.67 bits per heavy atom. The maximum atomic E-state index is 5.79. The molecule has 15 heavy (non-hydrogen) atoms. The molecule has 0 aliphatic carbocycles. The maximum Gasteiger partial charge on any atom is 0.131 e. The summed E-state index contributed by atoms with van der Waals surface area (Å²) in [6, 6.07) is 7.69. The van der Waals surface area contributed by atoms with E-state index in [4.69, 9.17) is 17.3 Å². The molecule has 0 aliphatic heterocycles. The molecule has 0 aliphatic rings. The van der Waals surface area contributed by atoms with E-state index in [1.165, 1.54) is 11.5 Å². The van der Waals surface area contributed by atoms with Crippen LogP contribution >= 0.6 is 34.9 Å². The van der Waals surface area contributed by atoms with Crippen molar-refractivity contribution in [1.29, 1.82) is 0 Å². The number of benzene rings is 1. The Morgan fingerprint density at radius 1 is 1.33 bits per heavy atom. The van der Waals surface area contributed by atoms with Crippen molar-refractivity contribution >= 4 is 39.9 Å². The summed E-state index contributed by atoms with van der Waals surface area (Å²) in [6.45, 7) is 0. The fourth-order valence-electron chi connectivity index (χ4n) is 0.998. The van der Waals surface area contributed by atoms with Crippen molar-refractivity contribution < 1.29 is 0 Å². The Kier molecular flexibility index (Phi) is 3.45. The van der Waals surface area contributed by atoms with Crippen molar-refractivity contribution in [2.24, 2.45) is 0 Å². The van der Waals surface area contributed by atoms with E-state index < -0.39 is 0 Å². The molecule has 0 unspecified atom stereocenters. The number of nitrogen functional groups attached to an aromatic ring is 1. The first-order valence-corrected chi connectivity index (χ1v) is 6.34. The average molecular weight is 258 g/mol. The lowest BCUT2D eigenvalue weighted by atomic mass is 10.4. The normalized spacial score (nSPS) is 10.5. The van der Waals surface area contributed by atoms with E-state index in [-0.39, 0.29) is 0 Å². The van der Waals surface area contributed by atoms with E-state index in [9.17, 15) is 0 Å². The number of hydrogen-bond donors (Lipinski definition) is 1. The van der Waals surface area contributed by atoms with Crippen LogP contribution in [0, 0.1) is 0 Å². The van der Waals surface area contributed by atoms with Crippen molar-refractivity contribution in [2.45, 2.75) is 10.6 Å². The molecular weight excluding hydrogens is 250 g/mol. The lowest BCUT2D eigenvalue weighted by molar-refractivity contribution is 1.08. The van der Waals surface area contributed by atoms with Gasteiger partial charge in [-0.15, -0.1) is 16.9 Å². The lowest BCUT2D eigenvalue weighted by Gasteiger charge is -1.99. The second-order valence-corrected chi connectivity index (χ2v) is 5.10. The minimum absolute atomic E-state index is 0.691. The first-order chi connectivity index (χ1) is 7.25. The van der Waals surface area contributed by atoms with Gasteiger partial charge in [-0.3, -0.25) is 0 Å². The van der Waals surface area contributed by atoms with Crippen LogP contribution in [0.15, 0.2) is 29.2 Å². The van der Waals surface area contributed by atoms with Gasteiger partial charge in [0.2, 0.25) is 0 Å². The largest absolute Gasteiger partial charge is 0.388 e. The summed E-state index contributed by atoms with van der Waals surface area (Å²) < 4.78 is 3.78. The quantitative estimate of drug-likeness (QED) is 0.859. The molecule has 2 N–H and O–H groups in total. The molecule has 78 valence electrons. The second kappa shape index (κ2) is 4.83. The Balaban J connectivity index is 1.99. The van der Waals surface area contributed by atoms with Gasteiger partial charge in [-0.2, -0.15) is 0 Å². The number of rotatable bonds is 3. The number of anilines is 1. The molecular formula is C9H8ClN3S2. The van der Waals surface area contributed by atoms with E-state index in [1.54, 1.807) is 11.8 Å². The van der Waals surface area contributed by atoms with E-state index in [0.717, 1.165) is 21.4 Å². The van der Waals surface area contributed by atoms with Gasteiger partial charge < -0.3 is 5.73 Å². The van der Waals surface area contributed by atoms with Crippen molar-refractivity contribution in [2.75, 3.05) is 5.73 Å². The van der Waals surface area contributed by atoms with Crippen LogP contribution in [0.3, 0.4) is 0 Å². The van der Waals surface area contributed by atoms with E-state index >= 15 is 0 Å². The average Bonchev–Trinajstić information content (AvgIpc) is 2.63. The van der Waals surface area contributed by atoms with Gasteiger partial charge >= 0.3 is 0 Å².